The second-order valence-corrected chi connectivity index (χ2v) is 9.17. The number of rotatable bonds is 5. The zero-order valence-electron chi connectivity index (χ0n) is 11.7. The SMILES string of the molecule is C[C@@H](SCC(=O)N[C@H]1CCS(=O)(=O)C1)c1ccc(Cl)cc1. The van der Waals surface area contributed by atoms with Crippen LogP contribution in [0.3, 0.4) is 0 Å². The number of nitrogens with one attached hydrogen (secondary N) is 1. The molecular weight excluding hydrogens is 330 g/mol. The Morgan fingerprint density at radius 1 is 1.43 bits per heavy atom. The van der Waals surface area contributed by atoms with Gasteiger partial charge in [0.15, 0.2) is 9.84 Å². The minimum atomic E-state index is -2.95. The van der Waals surface area contributed by atoms with Gasteiger partial charge >= 0.3 is 0 Å². The van der Waals surface area contributed by atoms with E-state index in [-0.39, 0.29) is 28.7 Å². The van der Waals surface area contributed by atoms with Crippen LogP contribution in [0.1, 0.15) is 24.2 Å². The standard InChI is InChI=1S/C14H18ClNO3S2/c1-10(11-2-4-12(15)5-3-11)20-8-14(17)16-13-6-7-21(18,19)9-13/h2-5,10,13H,6-9H2,1H3,(H,16,17)/t10-,13+/m1/s1. The van der Waals surface area contributed by atoms with Crippen molar-refractivity contribution in [1.82, 2.24) is 5.32 Å². The molecule has 2 atom stereocenters. The van der Waals surface area contributed by atoms with Crippen LogP contribution >= 0.6 is 23.4 Å². The van der Waals surface area contributed by atoms with Crippen molar-refractivity contribution in [1.29, 1.82) is 0 Å². The molecule has 0 unspecified atom stereocenters. The maximum Gasteiger partial charge on any atom is 0.230 e. The molecule has 0 spiro atoms. The predicted molar refractivity (Wildman–Crippen MR) is 87.5 cm³/mol. The topological polar surface area (TPSA) is 63.2 Å². The van der Waals surface area contributed by atoms with Crippen LogP contribution in [0.25, 0.3) is 0 Å². The van der Waals surface area contributed by atoms with E-state index in [0.717, 1.165) is 5.56 Å². The molecule has 0 aromatic heterocycles. The average Bonchev–Trinajstić information content (AvgIpc) is 2.76. The maximum atomic E-state index is 11.9. The summed E-state index contributed by atoms with van der Waals surface area (Å²) in [5, 5.41) is 3.66. The summed E-state index contributed by atoms with van der Waals surface area (Å²) >= 11 is 7.36. The first kappa shape index (κ1) is 16.6. The second-order valence-electron chi connectivity index (χ2n) is 5.17. The Balaban J connectivity index is 1.77. The summed E-state index contributed by atoms with van der Waals surface area (Å²) in [5.41, 5.74) is 1.11. The van der Waals surface area contributed by atoms with Crippen LogP contribution < -0.4 is 5.32 Å². The molecule has 0 aliphatic carbocycles. The number of carbonyl (C=O) groups excluding carboxylic acids is 1. The lowest BCUT2D eigenvalue weighted by atomic mass is 10.2. The molecule has 2 rings (SSSR count). The Kier molecular flexibility index (Phi) is 5.57. The largest absolute Gasteiger partial charge is 0.352 e. The van der Waals surface area contributed by atoms with Crippen molar-refractivity contribution in [3.05, 3.63) is 34.9 Å². The number of amides is 1. The fraction of sp³-hybridized carbons (Fsp3) is 0.500. The van der Waals surface area contributed by atoms with Crippen molar-refractivity contribution in [2.45, 2.75) is 24.6 Å². The highest BCUT2D eigenvalue weighted by Gasteiger charge is 2.28. The molecule has 116 valence electrons. The highest BCUT2D eigenvalue weighted by atomic mass is 35.5. The summed E-state index contributed by atoms with van der Waals surface area (Å²) in [4.78, 5) is 11.9. The van der Waals surface area contributed by atoms with E-state index in [9.17, 15) is 13.2 Å². The summed E-state index contributed by atoms with van der Waals surface area (Å²) < 4.78 is 22.7. The summed E-state index contributed by atoms with van der Waals surface area (Å²) in [6, 6.07) is 7.33. The van der Waals surface area contributed by atoms with Crippen LogP contribution in [0.2, 0.25) is 5.02 Å². The lowest BCUT2D eigenvalue weighted by Gasteiger charge is -2.14. The summed E-state index contributed by atoms with van der Waals surface area (Å²) in [6.07, 6.45) is 0.519. The van der Waals surface area contributed by atoms with Crippen molar-refractivity contribution in [2.24, 2.45) is 0 Å². The number of carbonyl (C=O) groups is 1. The Bertz CT molecular complexity index is 601. The quantitative estimate of drug-likeness (QED) is 0.888. The van der Waals surface area contributed by atoms with Gasteiger partial charge in [-0.3, -0.25) is 4.79 Å². The number of benzene rings is 1. The van der Waals surface area contributed by atoms with Gasteiger partial charge in [0.2, 0.25) is 5.91 Å². The first-order valence-corrected chi connectivity index (χ1v) is 9.97. The number of sulfone groups is 1. The van der Waals surface area contributed by atoms with Gasteiger partial charge in [-0.15, -0.1) is 11.8 Å². The number of hydrogen-bond acceptors (Lipinski definition) is 4. The molecule has 1 aromatic carbocycles. The van der Waals surface area contributed by atoms with E-state index < -0.39 is 9.84 Å². The van der Waals surface area contributed by atoms with Crippen molar-refractivity contribution in [3.63, 3.8) is 0 Å². The van der Waals surface area contributed by atoms with E-state index in [0.29, 0.717) is 17.2 Å². The van der Waals surface area contributed by atoms with Gasteiger partial charge in [0, 0.05) is 16.3 Å². The Hall–Kier alpha value is -0.720. The van der Waals surface area contributed by atoms with Gasteiger partial charge in [-0.25, -0.2) is 8.42 Å². The molecule has 0 saturated carbocycles. The van der Waals surface area contributed by atoms with Gasteiger partial charge in [-0.1, -0.05) is 23.7 Å². The molecule has 4 nitrogen and oxygen atoms in total. The zero-order chi connectivity index (χ0) is 15.5. The third kappa shape index (κ3) is 5.20. The Labute approximate surface area is 134 Å². The average molecular weight is 348 g/mol. The maximum absolute atomic E-state index is 11.9. The van der Waals surface area contributed by atoms with Crippen LogP contribution in [0.4, 0.5) is 0 Å². The van der Waals surface area contributed by atoms with E-state index in [4.69, 9.17) is 11.6 Å². The summed E-state index contributed by atoms with van der Waals surface area (Å²) in [5.74, 6) is 0.450. The van der Waals surface area contributed by atoms with Crippen molar-refractivity contribution in [2.75, 3.05) is 17.3 Å². The minimum Gasteiger partial charge on any atom is -0.352 e. The third-order valence-electron chi connectivity index (χ3n) is 3.40. The van der Waals surface area contributed by atoms with E-state index in [2.05, 4.69) is 5.32 Å². The zero-order valence-corrected chi connectivity index (χ0v) is 14.1. The van der Waals surface area contributed by atoms with Gasteiger partial charge in [0.05, 0.1) is 17.3 Å². The minimum absolute atomic E-state index is 0.0656. The number of hydrogen-bond donors (Lipinski definition) is 1. The summed E-state index contributed by atoms with van der Waals surface area (Å²) in [7, 11) is -2.95. The second kappa shape index (κ2) is 7.03. The monoisotopic (exact) mass is 347 g/mol. The normalized spacial score (nSPS) is 21.9. The number of thioether (sulfide) groups is 1. The molecule has 0 radical (unpaired) electrons. The van der Waals surface area contributed by atoms with Crippen LogP contribution in [-0.4, -0.2) is 37.6 Å². The fourth-order valence-corrected chi connectivity index (χ4v) is 4.84. The molecule has 7 heteroatoms. The highest BCUT2D eigenvalue weighted by molar-refractivity contribution is 8.00. The van der Waals surface area contributed by atoms with Crippen molar-refractivity contribution >= 4 is 39.1 Å². The van der Waals surface area contributed by atoms with Gasteiger partial charge in [0.25, 0.3) is 0 Å². The predicted octanol–water partition coefficient (Wildman–Crippen LogP) is 2.44. The molecule has 1 saturated heterocycles. The molecule has 21 heavy (non-hydrogen) atoms. The van der Waals surface area contributed by atoms with Crippen LogP contribution in [-0.2, 0) is 14.6 Å². The van der Waals surface area contributed by atoms with E-state index in [1.54, 1.807) is 0 Å². The van der Waals surface area contributed by atoms with Crippen molar-refractivity contribution in [3.8, 4) is 0 Å². The molecule has 1 aliphatic heterocycles. The van der Waals surface area contributed by atoms with Crippen LogP contribution in [0.15, 0.2) is 24.3 Å². The Morgan fingerprint density at radius 2 is 2.10 bits per heavy atom. The van der Waals surface area contributed by atoms with Gasteiger partial charge in [-0.2, -0.15) is 0 Å². The number of halogens is 1. The lowest BCUT2D eigenvalue weighted by Crippen LogP contribution is -2.36. The molecular formula is C14H18ClNO3S2. The van der Waals surface area contributed by atoms with E-state index in [1.165, 1.54) is 11.8 Å². The fourth-order valence-electron chi connectivity index (χ4n) is 2.21. The first-order chi connectivity index (χ1) is 9.85. The van der Waals surface area contributed by atoms with Gasteiger partial charge in [-0.05, 0) is 31.0 Å². The van der Waals surface area contributed by atoms with Crippen LogP contribution in [0.5, 0.6) is 0 Å². The molecule has 1 aromatic rings. The summed E-state index contributed by atoms with van der Waals surface area (Å²) in [6.45, 7) is 2.03. The molecule has 1 aliphatic rings. The van der Waals surface area contributed by atoms with Gasteiger partial charge in [0.1, 0.15) is 0 Å². The third-order valence-corrected chi connectivity index (χ3v) is 6.62. The molecule has 1 N–H and O–H groups in total. The van der Waals surface area contributed by atoms with Gasteiger partial charge < -0.3 is 5.32 Å². The smallest absolute Gasteiger partial charge is 0.230 e. The molecule has 1 amide bonds. The molecule has 1 fully saturated rings. The molecule has 1 heterocycles. The van der Waals surface area contributed by atoms with Crippen LogP contribution in [0, 0.1) is 0 Å². The Morgan fingerprint density at radius 3 is 2.67 bits per heavy atom. The first-order valence-electron chi connectivity index (χ1n) is 6.72. The van der Waals surface area contributed by atoms with Crippen molar-refractivity contribution < 1.29 is 13.2 Å². The van der Waals surface area contributed by atoms with E-state index >= 15 is 0 Å². The molecule has 0 bridgehead atoms. The lowest BCUT2D eigenvalue weighted by molar-refractivity contribution is -0.119. The van der Waals surface area contributed by atoms with E-state index in [1.807, 2.05) is 31.2 Å². The highest BCUT2D eigenvalue weighted by Crippen LogP contribution is 2.28.